The van der Waals surface area contributed by atoms with Crippen molar-refractivity contribution in [2.24, 2.45) is 5.73 Å². The lowest BCUT2D eigenvalue weighted by Crippen LogP contribution is -2.03. The van der Waals surface area contributed by atoms with E-state index in [0.29, 0.717) is 24.9 Å². The predicted octanol–water partition coefficient (Wildman–Crippen LogP) is 2.85. The minimum atomic E-state index is 0.226. The average Bonchev–Trinajstić information content (AvgIpc) is 2.86. The molecule has 20 heavy (non-hydrogen) atoms. The molecule has 0 unspecified atom stereocenters. The van der Waals surface area contributed by atoms with E-state index in [2.05, 4.69) is 10.1 Å². The van der Waals surface area contributed by atoms with E-state index in [9.17, 15) is 0 Å². The van der Waals surface area contributed by atoms with Crippen LogP contribution in [0.15, 0.2) is 16.7 Å². The Bertz CT molecular complexity index is 568. The third kappa shape index (κ3) is 3.17. The van der Waals surface area contributed by atoms with Crippen LogP contribution in [-0.2, 0) is 13.2 Å². The lowest BCUT2D eigenvalue weighted by Gasteiger charge is -2.12. The van der Waals surface area contributed by atoms with Crippen molar-refractivity contribution in [3.8, 4) is 5.75 Å². The summed E-state index contributed by atoms with van der Waals surface area (Å²) in [5, 5.41) is 3.91. The Morgan fingerprint density at radius 2 is 1.90 bits per heavy atom. The third-order valence-corrected chi connectivity index (χ3v) is 3.08. The second-order valence-corrected chi connectivity index (χ2v) is 5.26. The monoisotopic (exact) mass is 275 g/mol. The molecule has 0 amide bonds. The first-order chi connectivity index (χ1) is 9.51. The Kier molecular flexibility index (Phi) is 4.39. The quantitative estimate of drug-likeness (QED) is 0.908. The van der Waals surface area contributed by atoms with Crippen molar-refractivity contribution in [2.75, 3.05) is 0 Å². The molecule has 0 atom stereocenters. The topological polar surface area (TPSA) is 74.2 Å². The molecule has 0 radical (unpaired) electrons. The van der Waals surface area contributed by atoms with Crippen LogP contribution < -0.4 is 10.5 Å². The summed E-state index contributed by atoms with van der Waals surface area (Å²) in [4.78, 5) is 4.30. The summed E-state index contributed by atoms with van der Waals surface area (Å²) in [6, 6.07) is 4.08. The maximum Gasteiger partial charge on any atom is 0.229 e. The van der Waals surface area contributed by atoms with Gasteiger partial charge in [0.2, 0.25) is 11.7 Å². The first-order valence-corrected chi connectivity index (χ1v) is 6.76. The number of hydrogen-bond acceptors (Lipinski definition) is 5. The Balaban J connectivity index is 2.10. The molecule has 5 heteroatoms. The zero-order chi connectivity index (χ0) is 14.7. The van der Waals surface area contributed by atoms with Crippen molar-refractivity contribution < 1.29 is 9.26 Å². The molecule has 0 aliphatic heterocycles. The summed E-state index contributed by atoms with van der Waals surface area (Å²) in [6.45, 7) is 8.88. The van der Waals surface area contributed by atoms with Crippen LogP contribution in [0.25, 0.3) is 0 Å². The van der Waals surface area contributed by atoms with Crippen LogP contribution in [0.3, 0.4) is 0 Å². The average molecular weight is 275 g/mol. The van der Waals surface area contributed by atoms with E-state index in [1.54, 1.807) is 0 Å². The van der Waals surface area contributed by atoms with E-state index in [-0.39, 0.29) is 5.92 Å². The van der Waals surface area contributed by atoms with Crippen molar-refractivity contribution in [3.63, 3.8) is 0 Å². The van der Waals surface area contributed by atoms with Gasteiger partial charge in [-0.25, -0.2) is 0 Å². The Morgan fingerprint density at radius 3 is 2.40 bits per heavy atom. The third-order valence-electron chi connectivity index (χ3n) is 3.08. The lowest BCUT2D eigenvalue weighted by atomic mass is 10.1. The van der Waals surface area contributed by atoms with Gasteiger partial charge in [-0.15, -0.1) is 0 Å². The van der Waals surface area contributed by atoms with Crippen molar-refractivity contribution in [1.29, 1.82) is 0 Å². The minimum absolute atomic E-state index is 0.226. The lowest BCUT2D eigenvalue weighted by molar-refractivity contribution is 0.281. The summed E-state index contributed by atoms with van der Waals surface area (Å²) < 4.78 is 11.0. The molecule has 5 nitrogen and oxygen atoms in total. The second-order valence-electron chi connectivity index (χ2n) is 5.26. The highest BCUT2D eigenvalue weighted by Crippen LogP contribution is 2.25. The maximum atomic E-state index is 5.82. The Morgan fingerprint density at radius 1 is 1.25 bits per heavy atom. The van der Waals surface area contributed by atoms with Gasteiger partial charge in [0.25, 0.3) is 0 Å². The molecule has 0 saturated heterocycles. The number of benzene rings is 1. The summed E-state index contributed by atoms with van der Waals surface area (Å²) in [7, 11) is 0. The van der Waals surface area contributed by atoms with E-state index in [1.807, 2.05) is 39.8 Å². The van der Waals surface area contributed by atoms with Crippen LogP contribution in [0.4, 0.5) is 0 Å². The molecule has 0 bridgehead atoms. The number of aryl methyl sites for hydroxylation is 2. The van der Waals surface area contributed by atoms with Gasteiger partial charge in [0.15, 0.2) is 6.61 Å². The molecule has 0 aliphatic carbocycles. The SMILES string of the molecule is Cc1cc(CN)cc(C)c1OCc1noc(C(C)C)n1. The fourth-order valence-corrected chi connectivity index (χ4v) is 2.08. The van der Waals surface area contributed by atoms with Crippen LogP contribution in [0.1, 0.15) is 48.2 Å². The molecular formula is C15H21N3O2. The normalized spacial score (nSPS) is 11.1. The van der Waals surface area contributed by atoms with Crippen molar-refractivity contribution in [1.82, 2.24) is 10.1 Å². The van der Waals surface area contributed by atoms with Crippen molar-refractivity contribution >= 4 is 0 Å². The van der Waals surface area contributed by atoms with Gasteiger partial charge in [0, 0.05) is 12.5 Å². The molecule has 0 saturated carbocycles. The van der Waals surface area contributed by atoms with Crippen LogP contribution in [0.2, 0.25) is 0 Å². The molecule has 0 fully saturated rings. The zero-order valence-electron chi connectivity index (χ0n) is 12.4. The summed E-state index contributed by atoms with van der Waals surface area (Å²) >= 11 is 0. The number of hydrogen-bond donors (Lipinski definition) is 1. The van der Waals surface area contributed by atoms with E-state index >= 15 is 0 Å². The van der Waals surface area contributed by atoms with Gasteiger partial charge in [0.05, 0.1) is 0 Å². The van der Waals surface area contributed by atoms with Gasteiger partial charge in [-0.05, 0) is 30.5 Å². The van der Waals surface area contributed by atoms with Crippen LogP contribution >= 0.6 is 0 Å². The van der Waals surface area contributed by atoms with Gasteiger partial charge in [-0.1, -0.05) is 31.1 Å². The van der Waals surface area contributed by atoms with Crippen molar-refractivity contribution in [3.05, 3.63) is 40.5 Å². The molecule has 1 aromatic heterocycles. The highest BCUT2D eigenvalue weighted by atomic mass is 16.5. The van der Waals surface area contributed by atoms with Gasteiger partial charge >= 0.3 is 0 Å². The van der Waals surface area contributed by atoms with E-state index in [0.717, 1.165) is 22.4 Å². The van der Waals surface area contributed by atoms with Crippen molar-refractivity contribution in [2.45, 2.75) is 46.8 Å². The summed E-state index contributed by atoms with van der Waals surface area (Å²) in [5.74, 6) is 2.28. The highest BCUT2D eigenvalue weighted by Gasteiger charge is 2.12. The molecule has 2 N–H and O–H groups in total. The van der Waals surface area contributed by atoms with E-state index < -0.39 is 0 Å². The molecule has 1 aromatic carbocycles. The minimum Gasteiger partial charge on any atom is -0.485 e. The Labute approximate surface area is 119 Å². The molecule has 0 spiro atoms. The first-order valence-electron chi connectivity index (χ1n) is 6.76. The molecule has 2 rings (SSSR count). The fourth-order valence-electron chi connectivity index (χ4n) is 2.08. The number of rotatable bonds is 5. The van der Waals surface area contributed by atoms with Gasteiger partial charge in [-0.3, -0.25) is 0 Å². The first kappa shape index (κ1) is 14.5. The largest absolute Gasteiger partial charge is 0.485 e. The highest BCUT2D eigenvalue weighted by molar-refractivity contribution is 5.43. The molecule has 2 aromatic rings. The standard InChI is InChI=1S/C15H21N3O2/c1-9(2)15-17-13(18-20-15)8-19-14-10(3)5-12(7-16)6-11(14)4/h5-6,9H,7-8,16H2,1-4H3. The van der Waals surface area contributed by atoms with Crippen LogP contribution in [0, 0.1) is 13.8 Å². The number of ether oxygens (including phenoxy) is 1. The number of nitrogens with two attached hydrogens (primary N) is 1. The van der Waals surface area contributed by atoms with Crippen LogP contribution in [0.5, 0.6) is 5.75 Å². The van der Waals surface area contributed by atoms with Crippen LogP contribution in [-0.4, -0.2) is 10.1 Å². The van der Waals surface area contributed by atoms with Gasteiger partial charge in [-0.2, -0.15) is 4.98 Å². The zero-order valence-corrected chi connectivity index (χ0v) is 12.4. The van der Waals surface area contributed by atoms with E-state index in [1.165, 1.54) is 0 Å². The maximum absolute atomic E-state index is 5.82. The van der Waals surface area contributed by atoms with Gasteiger partial charge < -0.3 is 15.0 Å². The Hall–Kier alpha value is -1.88. The fraction of sp³-hybridized carbons (Fsp3) is 0.467. The molecule has 108 valence electrons. The molecular weight excluding hydrogens is 254 g/mol. The molecule has 0 aliphatic rings. The summed E-state index contributed by atoms with van der Waals surface area (Å²) in [6.07, 6.45) is 0. The predicted molar refractivity (Wildman–Crippen MR) is 76.5 cm³/mol. The second kappa shape index (κ2) is 6.05. The van der Waals surface area contributed by atoms with E-state index in [4.69, 9.17) is 15.0 Å². The van der Waals surface area contributed by atoms with Gasteiger partial charge in [0.1, 0.15) is 5.75 Å². The number of aromatic nitrogens is 2. The molecule has 1 heterocycles. The summed E-state index contributed by atoms with van der Waals surface area (Å²) in [5.41, 5.74) is 8.90. The smallest absolute Gasteiger partial charge is 0.229 e. The number of nitrogens with zero attached hydrogens (tertiary/aromatic N) is 2.